The van der Waals surface area contributed by atoms with Crippen molar-refractivity contribution in [3.63, 3.8) is 0 Å². The molecule has 10 heteroatoms. The normalized spacial score (nSPS) is 25.1. The number of alkyl carbamates (subject to hydrolysis) is 1. The highest BCUT2D eigenvalue weighted by Gasteiger charge is 2.52. The van der Waals surface area contributed by atoms with Gasteiger partial charge in [0.25, 0.3) is 0 Å². The lowest BCUT2D eigenvalue weighted by atomic mass is 9.96. The lowest BCUT2D eigenvalue weighted by molar-refractivity contribution is -0.0498. The largest absolute Gasteiger partial charge is 0.444 e. The number of carbonyl (C=O) groups is 1. The number of amides is 1. The predicted molar refractivity (Wildman–Crippen MR) is 96.7 cm³/mol. The highest BCUT2D eigenvalue weighted by molar-refractivity contribution is 7.89. The van der Waals surface area contributed by atoms with Crippen LogP contribution in [-0.4, -0.2) is 49.2 Å². The predicted octanol–water partition coefficient (Wildman–Crippen LogP) is 3.11. The van der Waals surface area contributed by atoms with Crippen molar-refractivity contribution in [3.05, 3.63) is 24.3 Å². The summed E-state index contributed by atoms with van der Waals surface area (Å²) >= 11 is 0. The first kappa shape index (κ1) is 20.8. The average molecular weight is 418 g/mol. The molecule has 2 aliphatic rings. The molecule has 1 N–H and O–H groups in total. The third kappa shape index (κ3) is 4.38. The summed E-state index contributed by atoms with van der Waals surface area (Å²) in [6.07, 6.45) is 1.28. The van der Waals surface area contributed by atoms with Crippen molar-refractivity contribution in [3.8, 4) is 5.75 Å². The molecule has 0 aliphatic carbocycles. The Labute approximate surface area is 163 Å². The van der Waals surface area contributed by atoms with E-state index < -0.39 is 28.3 Å². The minimum Gasteiger partial charge on any atom is -0.444 e. The molecule has 1 aromatic carbocycles. The summed E-state index contributed by atoms with van der Waals surface area (Å²) in [5.74, 6) is -0.109. The van der Waals surface area contributed by atoms with E-state index in [1.165, 1.54) is 28.6 Å². The molecule has 0 spiro atoms. The van der Waals surface area contributed by atoms with E-state index in [9.17, 15) is 22.0 Å². The summed E-state index contributed by atoms with van der Waals surface area (Å²) in [4.78, 5) is 12.1. The number of alkyl halides is 2. The van der Waals surface area contributed by atoms with Crippen molar-refractivity contribution < 1.29 is 31.5 Å². The van der Waals surface area contributed by atoms with Gasteiger partial charge in [-0.15, -0.1) is 0 Å². The van der Waals surface area contributed by atoms with Crippen LogP contribution in [0.3, 0.4) is 0 Å². The van der Waals surface area contributed by atoms with Crippen molar-refractivity contribution >= 4 is 16.1 Å². The number of halogens is 2. The molecule has 0 saturated carbocycles. The fourth-order valence-electron chi connectivity index (χ4n) is 3.84. The van der Waals surface area contributed by atoms with Gasteiger partial charge in [0.1, 0.15) is 11.4 Å². The van der Waals surface area contributed by atoms with Crippen LogP contribution in [0.5, 0.6) is 5.75 Å². The summed E-state index contributed by atoms with van der Waals surface area (Å²) in [6, 6.07) is 4.00. The van der Waals surface area contributed by atoms with Gasteiger partial charge in [0, 0.05) is 12.1 Å². The molecule has 1 aromatic rings. The second-order valence-corrected chi connectivity index (χ2v) is 9.81. The minimum atomic E-state index is -3.83. The molecule has 3 unspecified atom stereocenters. The fourth-order valence-corrected chi connectivity index (χ4v) is 5.76. The van der Waals surface area contributed by atoms with Crippen molar-refractivity contribution in [1.29, 1.82) is 0 Å². The Morgan fingerprint density at radius 3 is 2.43 bits per heavy atom. The number of nitrogens with zero attached hydrogens (tertiary/aromatic N) is 1. The van der Waals surface area contributed by atoms with Crippen LogP contribution in [0.4, 0.5) is 13.6 Å². The second-order valence-electron chi connectivity index (χ2n) is 7.97. The van der Waals surface area contributed by atoms with E-state index >= 15 is 0 Å². The molecule has 2 saturated heterocycles. The number of sulfonamides is 1. The van der Waals surface area contributed by atoms with Crippen molar-refractivity contribution in [1.82, 2.24) is 9.62 Å². The number of benzene rings is 1. The molecule has 2 heterocycles. The topological polar surface area (TPSA) is 84.9 Å². The van der Waals surface area contributed by atoms with Gasteiger partial charge in [0.2, 0.25) is 10.0 Å². The van der Waals surface area contributed by atoms with Crippen molar-refractivity contribution in [2.45, 2.75) is 75.3 Å². The molecule has 3 atom stereocenters. The Kier molecular flexibility index (Phi) is 5.55. The van der Waals surface area contributed by atoms with Gasteiger partial charge in [-0.1, -0.05) is 0 Å². The molecule has 0 radical (unpaired) electrons. The summed E-state index contributed by atoms with van der Waals surface area (Å²) in [6.45, 7) is 2.29. The monoisotopic (exact) mass is 418 g/mol. The van der Waals surface area contributed by atoms with Gasteiger partial charge in [-0.3, -0.25) is 0 Å². The Hall–Kier alpha value is -1.94. The quantitative estimate of drug-likeness (QED) is 0.794. The molecule has 28 heavy (non-hydrogen) atoms. The first-order chi connectivity index (χ1) is 13.0. The lowest BCUT2D eigenvalue weighted by Crippen LogP contribution is -2.46. The Morgan fingerprint density at radius 2 is 1.86 bits per heavy atom. The third-order valence-electron chi connectivity index (χ3n) is 4.80. The van der Waals surface area contributed by atoms with Crippen LogP contribution in [-0.2, 0) is 14.8 Å². The number of fused-ring (bicyclic) bond motifs is 2. The van der Waals surface area contributed by atoms with Crippen LogP contribution in [0.2, 0.25) is 0 Å². The van der Waals surface area contributed by atoms with E-state index in [2.05, 4.69) is 10.1 Å². The minimum absolute atomic E-state index is 0.00364. The number of nitrogens with one attached hydrogen (secondary N) is 1. The van der Waals surface area contributed by atoms with E-state index in [0.29, 0.717) is 19.3 Å². The standard InChI is InChI=1S/C18H24F2N2O5S/c1-18(2,3)27-17(23)21-14-10-11-4-9-15(14)22(11)28(24,25)13-7-5-12(6-8-13)26-16(19)20/h5-8,11,14-16H,4,9-10H2,1-3H3,(H,21,23). The molecule has 1 amide bonds. The zero-order chi connectivity index (χ0) is 20.7. The Morgan fingerprint density at radius 1 is 1.21 bits per heavy atom. The summed E-state index contributed by atoms with van der Waals surface area (Å²) in [5, 5.41) is 2.78. The maximum absolute atomic E-state index is 13.1. The molecule has 2 fully saturated rings. The fraction of sp³-hybridized carbons (Fsp3) is 0.611. The van der Waals surface area contributed by atoms with Gasteiger partial charge in [0.05, 0.1) is 10.9 Å². The third-order valence-corrected chi connectivity index (χ3v) is 6.79. The zero-order valence-corrected chi connectivity index (χ0v) is 16.7. The van der Waals surface area contributed by atoms with E-state index in [1.807, 2.05) is 0 Å². The zero-order valence-electron chi connectivity index (χ0n) is 15.9. The average Bonchev–Trinajstić information content (AvgIpc) is 3.11. The first-order valence-corrected chi connectivity index (χ1v) is 10.5. The van der Waals surface area contributed by atoms with Crippen LogP contribution < -0.4 is 10.1 Å². The molecule has 2 aliphatic heterocycles. The van der Waals surface area contributed by atoms with E-state index in [4.69, 9.17) is 4.74 Å². The SMILES string of the molecule is CC(C)(C)OC(=O)NC1CC2CCC1N2S(=O)(=O)c1ccc(OC(F)F)cc1. The molecular weight excluding hydrogens is 394 g/mol. The number of rotatable bonds is 5. The highest BCUT2D eigenvalue weighted by Crippen LogP contribution is 2.42. The van der Waals surface area contributed by atoms with Gasteiger partial charge >= 0.3 is 12.7 Å². The van der Waals surface area contributed by atoms with Gasteiger partial charge in [0.15, 0.2) is 0 Å². The molecular formula is C18H24F2N2O5S. The summed E-state index contributed by atoms with van der Waals surface area (Å²) in [7, 11) is -3.83. The Balaban J connectivity index is 1.73. The number of ether oxygens (including phenoxy) is 2. The number of hydrogen-bond donors (Lipinski definition) is 1. The number of hydrogen-bond acceptors (Lipinski definition) is 5. The van der Waals surface area contributed by atoms with Crippen LogP contribution in [0.15, 0.2) is 29.2 Å². The van der Waals surface area contributed by atoms with Crippen molar-refractivity contribution in [2.75, 3.05) is 0 Å². The van der Waals surface area contributed by atoms with Crippen LogP contribution in [0, 0.1) is 0 Å². The van der Waals surface area contributed by atoms with Gasteiger partial charge in [-0.2, -0.15) is 13.1 Å². The van der Waals surface area contributed by atoms with Crippen LogP contribution in [0.25, 0.3) is 0 Å². The van der Waals surface area contributed by atoms with Gasteiger partial charge in [-0.05, 0) is 64.3 Å². The molecule has 0 aromatic heterocycles. The maximum atomic E-state index is 13.1. The van der Waals surface area contributed by atoms with E-state index in [0.717, 1.165) is 0 Å². The van der Waals surface area contributed by atoms with Crippen LogP contribution >= 0.6 is 0 Å². The van der Waals surface area contributed by atoms with Gasteiger partial charge in [-0.25, -0.2) is 13.2 Å². The summed E-state index contributed by atoms with van der Waals surface area (Å²) < 4.78 is 61.7. The number of carbonyl (C=O) groups excluding carboxylic acids is 1. The van der Waals surface area contributed by atoms with E-state index in [1.54, 1.807) is 20.8 Å². The van der Waals surface area contributed by atoms with Crippen molar-refractivity contribution in [2.24, 2.45) is 0 Å². The van der Waals surface area contributed by atoms with Gasteiger partial charge < -0.3 is 14.8 Å². The molecule has 156 valence electrons. The smallest absolute Gasteiger partial charge is 0.407 e. The Bertz CT molecular complexity index is 823. The van der Waals surface area contributed by atoms with Crippen LogP contribution in [0.1, 0.15) is 40.0 Å². The highest BCUT2D eigenvalue weighted by atomic mass is 32.2. The second kappa shape index (κ2) is 7.47. The molecule has 3 rings (SSSR count). The maximum Gasteiger partial charge on any atom is 0.407 e. The summed E-state index contributed by atoms with van der Waals surface area (Å²) in [5.41, 5.74) is -0.643. The lowest BCUT2D eigenvalue weighted by Gasteiger charge is -2.26. The van der Waals surface area contributed by atoms with E-state index in [-0.39, 0.29) is 28.8 Å². The molecule has 7 nitrogen and oxygen atoms in total. The molecule has 2 bridgehead atoms. The first-order valence-electron chi connectivity index (χ1n) is 9.05.